The summed E-state index contributed by atoms with van der Waals surface area (Å²) in [5.41, 5.74) is 3.07. The molecular formula is C34H28BrCl2N3O6. The van der Waals surface area contributed by atoms with Crippen molar-refractivity contribution in [2.45, 2.75) is 28.5 Å². The minimum atomic E-state index is -1.97. The Labute approximate surface area is 283 Å². The van der Waals surface area contributed by atoms with Crippen LogP contribution in [0.2, 0.25) is 0 Å². The van der Waals surface area contributed by atoms with Gasteiger partial charge in [0.2, 0.25) is 11.8 Å². The van der Waals surface area contributed by atoms with Gasteiger partial charge in [-0.3, -0.25) is 29.0 Å². The van der Waals surface area contributed by atoms with Crippen LogP contribution >= 0.6 is 39.1 Å². The molecule has 2 aliphatic heterocycles. The van der Waals surface area contributed by atoms with Gasteiger partial charge in [-0.15, -0.1) is 23.2 Å². The molecule has 4 aliphatic rings. The van der Waals surface area contributed by atoms with Crippen molar-refractivity contribution in [1.29, 1.82) is 0 Å². The lowest BCUT2D eigenvalue weighted by atomic mass is 9.56. The van der Waals surface area contributed by atoms with E-state index in [4.69, 9.17) is 27.9 Å². The molecule has 2 saturated heterocycles. The average Bonchev–Trinajstić information content (AvgIpc) is 3.39. The lowest BCUT2D eigenvalue weighted by molar-refractivity contribution is -0.138. The zero-order valence-electron chi connectivity index (χ0n) is 24.5. The number of likely N-dealkylation sites (tertiary alicyclic amines) is 1. The highest BCUT2D eigenvalue weighted by Crippen LogP contribution is 2.66. The third-order valence-electron chi connectivity index (χ3n) is 9.73. The number of nitrogens with zero attached hydrogens (tertiary/aromatic N) is 2. The molecule has 2 heterocycles. The van der Waals surface area contributed by atoms with Crippen molar-refractivity contribution in [3.05, 3.63) is 90.0 Å². The van der Waals surface area contributed by atoms with E-state index >= 15 is 0 Å². The van der Waals surface area contributed by atoms with E-state index in [1.54, 1.807) is 30.3 Å². The predicted molar refractivity (Wildman–Crippen MR) is 177 cm³/mol. The Kier molecular flexibility index (Phi) is 7.45. The summed E-state index contributed by atoms with van der Waals surface area (Å²) in [6.45, 7) is 0. The van der Waals surface area contributed by atoms with E-state index in [2.05, 4.69) is 21.2 Å². The Bertz CT molecular complexity index is 1820. The van der Waals surface area contributed by atoms with Crippen LogP contribution in [0.3, 0.4) is 0 Å². The Morgan fingerprint density at radius 2 is 1.63 bits per heavy atom. The molecule has 0 bridgehead atoms. The van der Waals surface area contributed by atoms with E-state index in [9.17, 15) is 24.3 Å². The lowest BCUT2D eigenvalue weighted by Gasteiger charge is -2.50. The van der Waals surface area contributed by atoms with Gasteiger partial charge in [0, 0.05) is 28.9 Å². The fraction of sp³-hybridized carbons (Fsp3) is 0.294. The average molecular weight is 725 g/mol. The van der Waals surface area contributed by atoms with Gasteiger partial charge >= 0.3 is 0 Å². The molecule has 1 saturated carbocycles. The summed E-state index contributed by atoms with van der Waals surface area (Å²) in [7, 11) is 1.42. The molecule has 0 aromatic heterocycles. The number of rotatable bonds is 6. The molecule has 3 aromatic rings. The van der Waals surface area contributed by atoms with Crippen molar-refractivity contribution in [1.82, 2.24) is 4.90 Å². The molecule has 0 unspecified atom stereocenters. The quantitative estimate of drug-likeness (QED) is 0.138. The van der Waals surface area contributed by atoms with Gasteiger partial charge < -0.3 is 15.2 Å². The number of imide groups is 2. The monoisotopic (exact) mass is 723 g/mol. The van der Waals surface area contributed by atoms with Crippen LogP contribution in [0.5, 0.6) is 11.5 Å². The van der Waals surface area contributed by atoms with E-state index in [0.717, 1.165) is 16.3 Å². The number of ether oxygens (including phenoxy) is 1. The topological polar surface area (TPSA) is 116 Å². The summed E-state index contributed by atoms with van der Waals surface area (Å²) in [6, 6.07) is 21.1. The molecule has 236 valence electrons. The van der Waals surface area contributed by atoms with Gasteiger partial charge in [-0.05, 0) is 61.2 Å². The molecule has 12 heteroatoms. The second-order valence-electron chi connectivity index (χ2n) is 12.0. The molecule has 6 atom stereocenters. The number of hydrogen-bond acceptors (Lipinski definition) is 7. The summed E-state index contributed by atoms with van der Waals surface area (Å²) >= 11 is 17.8. The van der Waals surface area contributed by atoms with Gasteiger partial charge in [-0.25, -0.2) is 0 Å². The van der Waals surface area contributed by atoms with Crippen LogP contribution in [0.25, 0.3) is 0 Å². The van der Waals surface area contributed by atoms with Gasteiger partial charge in [-0.1, -0.05) is 51.8 Å². The van der Waals surface area contributed by atoms with Crippen molar-refractivity contribution < 1.29 is 29.0 Å². The number of phenolic OH excluding ortho intramolecular Hbond substituents is 1. The Morgan fingerprint density at radius 3 is 2.30 bits per heavy atom. The Hall–Kier alpha value is -3.86. The second-order valence-corrected chi connectivity index (χ2v) is 13.7. The molecule has 4 amide bonds. The van der Waals surface area contributed by atoms with Crippen molar-refractivity contribution in [3.8, 4) is 11.5 Å². The number of amides is 4. The fourth-order valence-corrected chi connectivity index (χ4v) is 9.09. The largest absolute Gasteiger partial charge is 0.508 e. The summed E-state index contributed by atoms with van der Waals surface area (Å²) in [6.07, 6.45) is 1.97. The van der Waals surface area contributed by atoms with Crippen LogP contribution < -0.4 is 15.0 Å². The standard InChI is InChI=1S/C34H28BrCl2N3O6/c1-46-26-15-21(41)11-12-23(26)28-22-13-14-24-27(25(22)16-33(36)31(44)39(17-35)32(45)34(28,33)37)30(43)40(29(24)42)20-9-7-19(8-10-20)38-18-5-3-2-4-6-18/h2-13,15,24-25,27-28,38,41H,14,16-17H2,1H3/t24-,25+,27-,28+,33+,34-/m0/s1. The first-order valence-electron chi connectivity index (χ1n) is 14.7. The number of methoxy groups -OCH3 is 1. The van der Waals surface area contributed by atoms with E-state index in [1.165, 1.54) is 24.1 Å². The van der Waals surface area contributed by atoms with E-state index in [1.807, 2.05) is 36.4 Å². The van der Waals surface area contributed by atoms with Crippen LogP contribution in [-0.2, 0) is 19.2 Å². The summed E-state index contributed by atoms with van der Waals surface area (Å²) in [4.78, 5) is 54.3. The molecule has 2 N–H and O–H groups in total. The molecule has 3 fully saturated rings. The summed E-state index contributed by atoms with van der Waals surface area (Å²) in [5, 5.41) is 13.5. The van der Waals surface area contributed by atoms with Crippen molar-refractivity contribution in [2.24, 2.45) is 17.8 Å². The summed E-state index contributed by atoms with van der Waals surface area (Å²) in [5.74, 6) is -5.12. The third kappa shape index (κ3) is 4.26. The fourth-order valence-electron chi connectivity index (χ4n) is 7.67. The number of anilines is 3. The van der Waals surface area contributed by atoms with Gasteiger partial charge in [0.1, 0.15) is 11.5 Å². The van der Waals surface area contributed by atoms with Crippen molar-refractivity contribution in [2.75, 3.05) is 22.8 Å². The zero-order chi connectivity index (χ0) is 32.5. The normalized spacial score (nSPS) is 30.1. The SMILES string of the molecule is COc1cc(O)ccc1[C@H]1C2=CC[C@@H]3C(=O)N(c4ccc(Nc5ccccc5)cc4)C(=O)[C@@H]3[C@@H]2C[C@@]2(Cl)C(=O)N(CBr)C(=O)[C@@]12Cl. The number of hydrogen-bond donors (Lipinski definition) is 2. The van der Waals surface area contributed by atoms with Crippen LogP contribution in [0.15, 0.2) is 84.4 Å². The molecule has 9 nitrogen and oxygen atoms in total. The first-order valence-corrected chi connectivity index (χ1v) is 16.6. The van der Waals surface area contributed by atoms with Gasteiger partial charge in [-0.2, -0.15) is 0 Å². The predicted octanol–water partition coefficient (Wildman–Crippen LogP) is 6.06. The number of benzene rings is 3. The maximum absolute atomic E-state index is 14.3. The Balaban J connectivity index is 1.29. The van der Waals surface area contributed by atoms with E-state index in [-0.39, 0.29) is 35.7 Å². The maximum atomic E-state index is 14.3. The molecule has 46 heavy (non-hydrogen) atoms. The molecule has 3 aromatic carbocycles. The minimum absolute atomic E-state index is 0.0699. The highest BCUT2D eigenvalue weighted by atomic mass is 79.9. The third-order valence-corrected chi connectivity index (χ3v) is 11.6. The molecular weight excluding hydrogens is 697 g/mol. The number of nitrogens with one attached hydrogen (secondary N) is 1. The maximum Gasteiger partial charge on any atom is 0.254 e. The molecule has 0 radical (unpaired) electrons. The molecule has 2 aliphatic carbocycles. The van der Waals surface area contributed by atoms with Gasteiger partial charge in [0.25, 0.3) is 11.8 Å². The van der Waals surface area contributed by atoms with Gasteiger partial charge in [0.05, 0.1) is 30.1 Å². The van der Waals surface area contributed by atoms with Gasteiger partial charge in [0.15, 0.2) is 9.75 Å². The lowest BCUT2D eigenvalue weighted by Crippen LogP contribution is -2.60. The van der Waals surface area contributed by atoms with E-state index in [0.29, 0.717) is 16.8 Å². The number of alkyl halides is 3. The molecule has 7 rings (SSSR count). The number of fused-ring (bicyclic) bond motifs is 4. The summed E-state index contributed by atoms with van der Waals surface area (Å²) < 4.78 is 5.61. The number of carbonyl (C=O) groups is 4. The number of para-hydroxylation sites is 1. The van der Waals surface area contributed by atoms with Crippen LogP contribution in [0.1, 0.15) is 24.3 Å². The van der Waals surface area contributed by atoms with Crippen molar-refractivity contribution in [3.63, 3.8) is 0 Å². The van der Waals surface area contributed by atoms with Crippen LogP contribution in [0.4, 0.5) is 17.1 Å². The highest BCUT2D eigenvalue weighted by Gasteiger charge is 2.76. The first kappa shape index (κ1) is 30.8. The second kappa shape index (κ2) is 11.1. The highest BCUT2D eigenvalue weighted by molar-refractivity contribution is 9.09. The first-order chi connectivity index (χ1) is 22.0. The van der Waals surface area contributed by atoms with Crippen molar-refractivity contribution >= 4 is 79.8 Å². The smallest absolute Gasteiger partial charge is 0.254 e. The number of allylic oxidation sites excluding steroid dienone is 2. The number of phenols is 1. The Morgan fingerprint density at radius 1 is 0.935 bits per heavy atom. The number of carbonyl (C=O) groups excluding carboxylic acids is 4. The number of halogens is 3. The number of aromatic hydroxyl groups is 1. The minimum Gasteiger partial charge on any atom is -0.508 e. The molecule has 0 spiro atoms. The van der Waals surface area contributed by atoms with Crippen LogP contribution in [0, 0.1) is 17.8 Å². The van der Waals surface area contributed by atoms with Crippen LogP contribution in [-0.4, -0.2) is 55.9 Å². The zero-order valence-corrected chi connectivity index (χ0v) is 27.6. The van der Waals surface area contributed by atoms with E-state index < -0.39 is 51.1 Å².